The molecule has 1 fully saturated rings. The van der Waals surface area contributed by atoms with Crippen molar-refractivity contribution in [2.45, 2.75) is 113 Å². The third-order valence-electron chi connectivity index (χ3n) is 8.14. The maximum atomic E-state index is 11.7. The van der Waals surface area contributed by atoms with Gasteiger partial charge < -0.3 is 30.6 Å². The molecule has 0 spiro atoms. The molecule has 26 heavy (non-hydrogen) atoms. The monoisotopic (exact) mass is 408 g/mol. The highest BCUT2D eigenvalue weighted by Crippen LogP contribution is 2.51. The number of aliphatic hydroxyl groups is 6. The molecule has 0 aliphatic heterocycles. The second-order valence-electron chi connectivity index (χ2n) is 8.12. The van der Waals surface area contributed by atoms with Gasteiger partial charge in [-0.05, 0) is 0 Å². The van der Waals surface area contributed by atoms with Crippen LogP contribution in [0.15, 0.2) is 0 Å². The van der Waals surface area contributed by atoms with Crippen molar-refractivity contribution in [1.29, 1.82) is 0 Å². The SMILES string of the molecule is CC[Si](CC)(CC)[C@@]1(O)C(O)[C@](O)([Si](CC)(CC)CC)[C@@H](O)C(O)[C@H]1O. The van der Waals surface area contributed by atoms with Crippen LogP contribution in [0.2, 0.25) is 36.3 Å². The quantitative estimate of drug-likeness (QED) is 0.333. The van der Waals surface area contributed by atoms with E-state index >= 15 is 0 Å². The van der Waals surface area contributed by atoms with Crippen molar-refractivity contribution in [3.63, 3.8) is 0 Å². The van der Waals surface area contributed by atoms with Gasteiger partial charge in [0.05, 0.1) is 16.1 Å². The Hall–Kier alpha value is 0.194. The van der Waals surface area contributed by atoms with Crippen molar-refractivity contribution < 1.29 is 30.6 Å². The van der Waals surface area contributed by atoms with Crippen LogP contribution in [0.1, 0.15) is 41.5 Å². The number of hydrogen-bond donors (Lipinski definition) is 6. The molecule has 0 radical (unpaired) electrons. The summed E-state index contributed by atoms with van der Waals surface area (Å²) in [5, 5.41) is 63.2. The first kappa shape index (κ1) is 24.2. The third kappa shape index (κ3) is 2.80. The van der Waals surface area contributed by atoms with Gasteiger partial charge in [-0.3, -0.25) is 0 Å². The molecule has 6 nitrogen and oxygen atoms in total. The smallest absolute Gasteiger partial charge is 0.111 e. The van der Waals surface area contributed by atoms with E-state index in [2.05, 4.69) is 0 Å². The predicted molar refractivity (Wildman–Crippen MR) is 108 cm³/mol. The molecule has 0 aromatic heterocycles. The van der Waals surface area contributed by atoms with E-state index in [1.165, 1.54) is 0 Å². The summed E-state index contributed by atoms with van der Waals surface area (Å²) < 4.78 is 0. The molecule has 8 heteroatoms. The maximum absolute atomic E-state index is 11.7. The summed E-state index contributed by atoms with van der Waals surface area (Å²) >= 11 is 0. The fourth-order valence-electron chi connectivity index (χ4n) is 5.76. The summed E-state index contributed by atoms with van der Waals surface area (Å²) in [7, 11) is -5.40. The van der Waals surface area contributed by atoms with Crippen molar-refractivity contribution in [3.8, 4) is 0 Å². The van der Waals surface area contributed by atoms with Crippen molar-refractivity contribution in [2.24, 2.45) is 0 Å². The number of aliphatic hydroxyl groups excluding tert-OH is 4. The van der Waals surface area contributed by atoms with Gasteiger partial charge in [0.1, 0.15) is 34.9 Å². The average molecular weight is 409 g/mol. The molecular formula is C18H40O6Si2. The minimum absolute atomic E-state index is 0.600. The van der Waals surface area contributed by atoms with E-state index in [0.29, 0.717) is 36.3 Å². The minimum atomic E-state index is -2.70. The van der Waals surface area contributed by atoms with E-state index in [1.807, 2.05) is 41.5 Å². The Bertz CT molecular complexity index is 414. The van der Waals surface area contributed by atoms with Gasteiger partial charge in [0, 0.05) is 0 Å². The molecule has 0 saturated heterocycles. The fraction of sp³-hybridized carbons (Fsp3) is 1.00. The molecule has 1 rings (SSSR count). The topological polar surface area (TPSA) is 121 Å². The Kier molecular flexibility index (Phi) is 7.72. The Morgan fingerprint density at radius 3 is 1.00 bits per heavy atom. The minimum Gasteiger partial charge on any atom is -0.388 e. The molecule has 2 unspecified atom stereocenters. The predicted octanol–water partition coefficient (Wildman–Crippen LogP) is 1.00. The fourth-order valence-corrected chi connectivity index (χ4v) is 15.5. The summed E-state index contributed by atoms with van der Waals surface area (Å²) in [6.45, 7) is 11.6. The third-order valence-corrected chi connectivity index (χ3v) is 20.8. The van der Waals surface area contributed by atoms with Crippen LogP contribution in [-0.2, 0) is 0 Å². The van der Waals surface area contributed by atoms with Gasteiger partial charge in [-0.2, -0.15) is 0 Å². The molecule has 1 saturated carbocycles. The van der Waals surface area contributed by atoms with Gasteiger partial charge in [-0.1, -0.05) is 77.8 Å². The molecule has 0 heterocycles. The van der Waals surface area contributed by atoms with Crippen molar-refractivity contribution in [1.82, 2.24) is 0 Å². The van der Waals surface area contributed by atoms with Crippen LogP contribution in [0.4, 0.5) is 0 Å². The molecule has 0 aromatic rings. The van der Waals surface area contributed by atoms with E-state index in [0.717, 1.165) is 0 Å². The molecule has 0 amide bonds. The highest BCUT2D eigenvalue weighted by molar-refractivity contribution is 6.85. The van der Waals surface area contributed by atoms with E-state index in [4.69, 9.17) is 0 Å². The van der Waals surface area contributed by atoms with Crippen LogP contribution in [0.25, 0.3) is 0 Å². The summed E-state index contributed by atoms with van der Waals surface area (Å²) in [6, 6.07) is 3.60. The molecule has 1 aliphatic carbocycles. The molecule has 0 aromatic carbocycles. The van der Waals surface area contributed by atoms with Gasteiger partial charge in [0.2, 0.25) is 0 Å². The van der Waals surface area contributed by atoms with E-state index in [1.54, 1.807) is 0 Å². The van der Waals surface area contributed by atoms with Crippen LogP contribution >= 0.6 is 0 Å². The van der Waals surface area contributed by atoms with Crippen molar-refractivity contribution in [2.75, 3.05) is 0 Å². The first-order valence-electron chi connectivity index (χ1n) is 10.2. The molecule has 6 N–H and O–H groups in total. The Labute approximate surface area is 159 Å². The zero-order chi connectivity index (χ0) is 20.6. The zero-order valence-corrected chi connectivity index (χ0v) is 19.2. The lowest BCUT2D eigenvalue weighted by Gasteiger charge is -2.63. The first-order valence-corrected chi connectivity index (χ1v) is 15.4. The standard InChI is InChI=1S/C18H40O6Si2/c1-7-25(8-2,9-3)17(23)14(20)13(19)15(21)18(24,16(17)22)26(10-4,11-5)12-6/h13-16,19-24H,7-12H2,1-6H3/t13?,14-,15+,16?,17-,18-/m1/s1. The van der Waals surface area contributed by atoms with Crippen molar-refractivity contribution >= 4 is 16.1 Å². The molecule has 1 aliphatic rings. The van der Waals surface area contributed by atoms with E-state index in [-0.39, 0.29) is 0 Å². The maximum Gasteiger partial charge on any atom is 0.111 e. The molecule has 156 valence electrons. The normalized spacial score (nSPS) is 39.2. The van der Waals surface area contributed by atoms with Gasteiger partial charge in [0.25, 0.3) is 0 Å². The lowest BCUT2D eigenvalue weighted by Crippen LogP contribution is -2.88. The van der Waals surface area contributed by atoms with Gasteiger partial charge >= 0.3 is 0 Å². The lowest BCUT2D eigenvalue weighted by atomic mass is 9.83. The largest absolute Gasteiger partial charge is 0.388 e. The molecule has 0 bridgehead atoms. The number of rotatable bonds is 8. The average Bonchev–Trinajstić information content (AvgIpc) is 2.67. The van der Waals surface area contributed by atoms with Crippen LogP contribution in [-0.4, -0.2) is 81.7 Å². The Morgan fingerprint density at radius 1 is 0.577 bits per heavy atom. The van der Waals surface area contributed by atoms with E-state index in [9.17, 15) is 30.6 Å². The lowest BCUT2D eigenvalue weighted by molar-refractivity contribution is -0.261. The Morgan fingerprint density at radius 2 is 0.808 bits per heavy atom. The van der Waals surface area contributed by atoms with Crippen LogP contribution < -0.4 is 0 Å². The summed E-state index contributed by atoms with van der Waals surface area (Å²) in [5.41, 5.74) is 0. The first-order chi connectivity index (χ1) is 12.0. The van der Waals surface area contributed by atoms with E-state index < -0.39 is 51.0 Å². The summed E-state index contributed by atoms with van der Waals surface area (Å²) in [5.74, 6) is 0. The molecular weight excluding hydrogens is 368 g/mol. The highest BCUT2D eigenvalue weighted by Gasteiger charge is 2.74. The second-order valence-corrected chi connectivity index (χ2v) is 19.1. The summed E-state index contributed by atoms with van der Waals surface area (Å²) in [4.78, 5) is 0. The van der Waals surface area contributed by atoms with Gasteiger partial charge in [0.15, 0.2) is 0 Å². The number of hydrogen-bond acceptors (Lipinski definition) is 6. The van der Waals surface area contributed by atoms with Crippen LogP contribution in [0, 0.1) is 0 Å². The Balaban J connectivity index is 3.77. The van der Waals surface area contributed by atoms with Crippen molar-refractivity contribution in [3.05, 3.63) is 0 Å². The van der Waals surface area contributed by atoms with Crippen LogP contribution in [0.3, 0.4) is 0 Å². The van der Waals surface area contributed by atoms with Crippen LogP contribution in [0.5, 0.6) is 0 Å². The second kappa shape index (κ2) is 8.28. The highest BCUT2D eigenvalue weighted by atomic mass is 28.3. The van der Waals surface area contributed by atoms with Gasteiger partial charge in [-0.25, -0.2) is 0 Å². The molecule has 6 atom stereocenters. The summed E-state index contributed by atoms with van der Waals surface area (Å²) in [6.07, 6.45) is -6.74. The van der Waals surface area contributed by atoms with Gasteiger partial charge in [-0.15, -0.1) is 0 Å². The zero-order valence-electron chi connectivity index (χ0n) is 17.2.